The largest absolute Gasteiger partial charge is 0.319 e. The van der Waals surface area contributed by atoms with Crippen LogP contribution in [0.25, 0.3) is 5.69 Å². The molecular formula is C25H35N3. The summed E-state index contributed by atoms with van der Waals surface area (Å²) in [5, 5.41) is 3.99. The van der Waals surface area contributed by atoms with Crippen molar-refractivity contribution in [1.82, 2.24) is 14.8 Å². The van der Waals surface area contributed by atoms with Gasteiger partial charge in [-0.15, -0.1) is 0 Å². The number of para-hydroxylation sites is 1. The molecule has 2 fully saturated rings. The zero-order valence-electron chi connectivity index (χ0n) is 17.2. The number of piperidine rings is 1. The van der Waals surface area contributed by atoms with E-state index in [1.807, 2.05) is 0 Å². The summed E-state index contributed by atoms with van der Waals surface area (Å²) in [5.74, 6) is 0.935. The van der Waals surface area contributed by atoms with Gasteiger partial charge in [0.1, 0.15) is 0 Å². The van der Waals surface area contributed by atoms with Gasteiger partial charge in [-0.1, -0.05) is 50.3 Å². The standard InChI is InChI=1S/C25H35N3/c1-2-4-9-21(10-5-3-1)20-27-17-14-25(15-18-27)24-13-8-16-28(24)23-12-7-6-11-22(23)19-26-25/h6-8,11-13,16,21,26H,1-5,9-10,14-15,17-20H2. The molecule has 0 atom stereocenters. The number of hydrogen-bond donors (Lipinski definition) is 1. The lowest BCUT2D eigenvalue weighted by molar-refractivity contribution is 0.109. The van der Waals surface area contributed by atoms with Gasteiger partial charge in [-0.2, -0.15) is 0 Å². The van der Waals surface area contributed by atoms with Gasteiger partial charge >= 0.3 is 0 Å². The van der Waals surface area contributed by atoms with E-state index in [-0.39, 0.29) is 5.54 Å². The highest BCUT2D eigenvalue weighted by Gasteiger charge is 2.39. The fourth-order valence-electron chi connectivity index (χ4n) is 5.87. The van der Waals surface area contributed by atoms with E-state index in [9.17, 15) is 0 Å². The maximum absolute atomic E-state index is 3.99. The molecular weight excluding hydrogens is 342 g/mol. The Kier molecular flexibility index (Phi) is 5.30. The summed E-state index contributed by atoms with van der Waals surface area (Å²) in [6, 6.07) is 13.4. The molecule has 0 radical (unpaired) electrons. The first-order chi connectivity index (χ1) is 13.8. The van der Waals surface area contributed by atoms with Gasteiger partial charge in [0.05, 0.1) is 5.54 Å². The molecule has 150 valence electrons. The first kappa shape index (κ1) is 18.4. The molecule has 1 spiro atoms. The van der Waals surface area contributed by atoms with Crippen molar-refractivity contribution in [3.63, 3.8) is 0 Å². The highest BCUT2D eigenvalue weighted by atomic mass is 15.2. The Labute approximate surface area is 170 Å². The summed E-state index contributed by atoms with van der Waals surface area (Å²) in [4.78, 5) is 2.77. The third kappa shape index (κ3) is 3.55. The minimum atomic E-state index is 0.125. The number of benzene rings is 1. The predicted molar refractivity (Wildman–Crippen MR) is 116 cm³/mol. The summed E-state index contributed by atoms with van der Waals surface area (Å²) in [7, 11) is 0. The fourth-order valence-corrected chi connectivity index (χ4v) is 5.87. The SMILES string of the molecule is c1ccc2c(c1)CNC1(CCN(CC3CCCCCCC3)CC1)c1cccn1-2. The summed E-state index contributed by atoms with van der Waals surface area (Å²) < 4.78 is 2.44. The van der Waals surface area contributed by atoms with Crippen LogP contribution in [0.5, 0.6) is 0 Å². The molecule has 1 aliphatic carbocycles. The van der Waals surface area contributed by atoms with E-state index < -0.39 is 0 Å². The van der Waals surface area contributed by atoms with Crippen LogP contribution in [0.15, 0.2) is 42.6 Å². The van der Waals surface area contributed by atoms with Crippen LogP contribution in [0.4, 0.5) is 0 Å². The van der Waals surface area contributed by atoms with Gasteiger partial charge in [0.15, 0.2) is 0 Å². The molecule has 3 nitrogen and oxygen atoms in total. The molecule has 28 heavy (non-hydrogen) atoms. The Balaban J connectivity index is 1.29. The lowest BCUT2D eigenvalue weighted by atomic mass is 9.83. The topological polar surface area (TPSA) is 20.2 Å². The van der Waals surface area contributed by atoms with Gasteiger partial charge < -0.3 is 14.8 Å². The van der Waals surface area contributed by atoms with Crippen LogP contribution in [0.2, 0.25) is 0 Å². The summed E-state index contributed by atoms with van der Waals surface area (Å²) in [5.41, 5.74) is 4.35. The van der Waals surface area contributed by atoms with Crippen molar-refractivity contribution in [3.05, 3.63) is 53.9 Å². The molecule has 2 aliphatic heterocycles. The van der Waals surface area contributed by atoms with Gasteiger partial charge in [0.25, 0.3) is 0 Å². The minimum Gasteiger partial charge on any atom is -0.319 e. The second kappa shape index (κ2) is 8.04. The number of rotatable bonds is 2. The van der Waals surface area contributed by atoms with E-state index in [4.69, 9.17) is 0 Å². The molecule has 0 bridgehead atoms. The van der Waals surface area contributed by atoms with Gasteiger partial charge in [0, 0.05) is 43.8 Å². The van der Waals surface area contributed by atoms with Crippen molar-refractivity contribution in [3.8, 4) is 5.69 Å². The van der Waals surface area contributed by atoms with Gasteiger partial charge in [-0.3, -0.25) is 0 Å². The molecule has 1 saturated carbocycles. The lowest BCUT2D eigenvalue weighted by Crippen LogP contribution is -2.51. The maximum atomic E-state index is 3.99. The van der Waals surface area contributed by atoms with Crippen LogP contribution < -0.4 is 5.32 Å². The molecule has 3 heterocycles. The first-order valence-corrected chi connectivity index (χ1v) is 11.6. The molecule has 0 unspecified atom stereocenters. The normalized spacial score (nSPS) is 23.4. The molecule has 3 aliphatic rings. The van der Waals surface area contributed by atoms with Crippen molar-refractivity contribution in [2.24, 2.45) is 5.92 Å². The highest BCUT2D eigenvalue weighted by molar-refractivity contribution is 5.46. The summed E-state index contributed by atoms with van der Waals surface area (Å²) >= 11 is 0. The number of aromatic nitrogens is 1. The molecule has 1 saturated heterocycles. The second-order valence-corrected chi connectivity index (χ2v) is 9.34. The van der Waals surface area contributed by atoms with Crippen LogP contribution in [-0.4, -0.2) is 29.1 Å². The molecule has 3 heteroatoms. The van der Waals surface area contributed by atoms with E-state index in [1.54, 1.807) is 0 Å². The minimum absolute atomic E-state index is 0.125. The molecule has 1 N–H and O–H groups in total. The first-order valence-electron chi connectivity index (χ1n) is 11.6. The monoisotopic (exact) mass is 377 g/mol. The van der Waals surface area contributed by atoms with Crippen molar-refractivity contribution < 1.29 is 0 Å². The Morgan fingerprint density at radius 2 is 1.64 bits per heavy atom. The Bertz CT molecular complexity index is 777. The van der Waals surface area contributed by atoms with Crippen LogP contribution in [-0.2, 0) is 12.1 Å². The van der Waals surface area contributed by atoms with Crippen molar-refractivity contribution in [2.75, 3.05) is 19.6 Å². The van der Waals surface area contributed by atoms with Crippen LogP contribution in [0, 0.1) is 5.92 Å². The molecule has 2 aromatic rings. The number of fused-ring (bicyclic) bond motifs is 4. The smallest absolute Gasteiger partial charge is 0.0619 e. The Morgan fingerprint density at radius 1 is 0.893 bits per heavy atom. The quantitative estimate of drug-likeness (QED) is 0.773. The van der Waals surface area contributed by atoms with Crippen molar-refractivity contribution in [2.45, 2.75) is 69.9 Å². The molecule has 1 aromatic heterocycles. The van der Waals surface area contributed by atoms with Crippen molar-refractivity contribution in [1.29, 1.82) is 0 Å². The van der Waals surface area contributed by atoms with Crippen molar-refractivity contribution >= 4 is 0 Å². The lowest BCUT2D eigenvalue weighted by Gasteiger charge is -2.43. The maximum Gasteiger partial charge on any atom is 0.0619 e. The zero-order valence-corrected chi connectivity index (χ0v) is 17.2. The predicted octanol–water partition coefficient (Wildman–Crippen LogP) is 5.23. The molecule has 1 aromatic carbocycles. The Morgan fingerprint density at radius 3 is 2.46 bits per heavy atom. The van der Waals surface area contributed by atoms with Crippen LogP contribution in [0.1, 0.15) is 69.0 Å². The number of nitrogens with one attached hydrogen (secondary N) is 1. The van der Waals surface area contributed by atoms with E-state index in [0.717, 1.165) is 12.5 Å². The third-order valence-electron chi connectivity index (χ3n) is 7.56. The van der Waals surface area contributed by atoms with E-state index in [2.05, 4.69) is 57.4 Å². The van der Waals surface area contributed by atoms with Crippen LogP contribution >= 0.6 is 0 Å². The number of nitrogens with zero attached hydrogens (tertiary/aromatic N) is 2. The van der Waals surface area contributed by atoms with Crippen LogP contribution in [0.3, 0.4) is 0 Å². The van der Waals surface area contributed by atoms with Gasteiger partial charge in [0.2, 0.25) is 0 Å². The Hall–Kier alpha value is -1.58. The average molecular weight is 378 g/mol. The number of likely N-dealkylation sites (tertiary alicyclic amines) is 1. The molecule has 5 rings (SSSR count). The zero-order chi connectivity index (χ0) is 18.8. The van der Waals surface area contributed by atoms with E-state index >= 15 is 0 Å². The van der Waals surface area contributed by atoms with E-state index in [1.165, 1.54) is 94.4 Å². The summed E-state index contributed by atoms with van der Waals surface area (Å²) in [6.45, 7) is 4.76. The third-order valence-corrected chi connectivity index (χ3v) is 7.56. The second-order valence-electron chi connectivity index (χ2n) is 9.34. The van der Waals surface area contributed by atoms with Gasteiger partial charge in [-0.05, 0) is 55.4 Å². The summed E-state index contributed by atoms with van der Waals surface area (Å²) in [6.07, 6.45) is 14.9. The van der Waals surface area contributed by atoms with E-state index in [0.29, 0.717) is 0 Å². The number of hydrogen-bond acceptors (Lipinski definition) is 2. The van der Waals surface area contributed by atoms with Gasteiger partial charge in [-0.25, -0.2) is 0 Å². The highest BCUT2D eigenvalue weighted by Crippen LogP contribution is 2.38. The average Bonchev–Trinajstić information content (AvgIpc) is 3.16. The molecule has 0 amide bonds. The fraction of sp³-hybridized carbons (Fsp3) is 0.600.